The van der Waals surface area contributed by atoms with E-state index < -0.39 is 12.1 Å². The van der Waals surface area contributed by atoms with Gasteiger partial charge in [-0.1, -0.05) is 96.6 Å². The van der Waals surface area contributed by atoms with Crippen molar-refractivity contribution in [2.24, 2.45) is 0 Å². The number of carbonyl (C=O) groups excluding carboxylic acids is 1. The largest absolute Gasteiger partial charge is 0.394 e. The maximum absolute atomic E-state index is 11.9. The molecule has 4 nitrogen and oxygen atoms in total. The van der Waals surface area contributed by atoms with E-state index in [4.69, 9.17) is 0 Å². The Morgan fingerprint density at radius 2 is 1.37 bits per heavy atom. The zero-order valence-electron chi connectivity index (χ0n) is 17.9. The van der Waals surface area contributed by atoms with Gasteiger partial charge in [0.2, 0.25) is 5.91 Å². The summed E-state index contributed by atoms with van der Waals surface area (Å²) >= 11 is 0. The normalized spacial score (nSPS) is 13.8. The third kappa shape index (κ3) is 17.0. The van der Waals surface area contributed by atoms with Crippen LogP contribution < -0.4 is 5.32 Å². The Hall–Kier alpha value is -0.870. The molecule has 0 aromatic rings. The molecule has 0 aliphatic heterocycles. The average Bonchev–Trinajstić information content (AvgIpc) is 2.67. The number of hydrogen-bond acceptors (Lipinski definition) is 3. The molecule has 0 spiro atoms. The summed E-state index contributed by atoms with van der Waals surface area (Å²) in [7, 11) is 0. The van der Waals surface area contributed by atoms with Gasteiger partial charge in [0.1, 0.15) is 0 Å². The first-order valence-corrected chi connectivity index (χ1v) is 11.4. The average molecular weight is 384 g/mol. The summed E-state index contributed by atoms with van der Waals surface area (Å²) in [5.41, 5.74) is 0. The Morgan fingerprint density at radius 1 is 0.852 bits per heavy atom. The molecule has 0 saturated carbocycles. The van der Waals surface area contributed by atoms with Crippen LogP contribution in [-0.4, -0.2) is 34.9 Å². The number of allylic oxidation sites excluding steroid dienone is 1. The molecule has 0 aromatic heterocycles. The van der Waals surface area contributed by atoms with Crippen LogP contribution >= 0.6 is 0 Å². The van der Waals surface area contributed by atoms with Crippen molar-refractivity contribution in [2.45, 2.75) is 122 Å². The summed E-state index contributed by atoms with van der Waals surface area (Å²) in [4.78, 5) is 11.9. The van der Waals surface area contributed by atoms with Crippen LogP contribution in [0.3, 0.4) is 0 Å². The van der Waals surface area contributed by atoms with Crippen LogP contribution in [-0.2, 0) is 4.79 Å². The third-order valence-electron chi connectivity index (χ3n) is 5.02. The monoisotopic (exact) mass is 383 g/mol. The summed E-state index contributed by atoms with van der Waals surface area (Å²) in [6, 6.07) is -0.608. The van der Waals surface area contributed by atoms with Crippen LogP contribution in [0, 0.1) is 0 Å². The van der Waals surface area contributed by atoms with Crippen LogP contribution in [0.15, 0.2) is 12.2 Å². The minimum atomic E-state index is -0.826. The van der Waals surface area contributed by atoms with E-state index in [2.05, 4.69) is 19.2 Å². The minimum Gasteiger partial charge on any atom is -0.394 e. The van der Waals surface area contributed by atoms with Gasteiger partial charge in [-0.15, -0.1) is 0 Å². The first-order valence-electron chi connectivity index (χ1n) is 11.4. The maximum atomic E-state index is 11.9. The Balaban J connectivity index is 3.75. The molecule has 2 unspecified atom stereocenters. The highest BCUT2D eigenvalue weighted by molar-refractivity contribution is 5.76. The third-order valence-corrected chi connectivity index (χ3v) is 5.02. The molecule has 2 atom stereocenters. The Kier molecular flexibility index (Phi) is 19.2. The first-order chi connectivity index (χ1) is 13.2. The Labute approximate surface area is 167 Å². The second-order valence-electron chi connectivity index (χ2n) is 7.70. The van der Waals surface area contributed by atoms with Gasteiger partial charge in [0, 0.05) is 6.42 Å². The number of aliphatic hydroxyl groups is 2. The van der Waals surface area contributed by atoms with Gasteiger partial charge in [0.25, 0.3) is 0 Å². The maximum Gasteiger partial charge on any atom is 0.220 e. The van der Waals surface area contributed by atoms with E-state index in [0.29, 0.717) is 6.42 Å². The van der Waals surface area contributed by atoms with Crippen molar-refractivity contribution in [1.29, 1.82) is 0 Å². The molecule has 0 radical (unpaired) electrons. The van der Waals surface area contributed by atoms with Crippen molar-refractivity contribution in [3.8, 4) is 0 Å². The van der Waals surface area contributed by atoms with Crippen molar-refractivity contribution in [3.05, 3.63) is 12.2 Å². The summed E-state index contributed by atoms with van der Waals surface area (Å²) in [6.45, 7) is 4.14. The highest BCUT2D eigenvalue weighted by atomic mass is 16.3. The molecule has 27 heavy (non-hydrogen) atoms. The van der Waals surface area contributed by atoms with Gasteiger partial charge >= 0.3 is 0 Å². The van der Waals surface area contributed by atoms with E-state index in [9.17, 15) is 15.0 Å². The van der Waals surface area contributed by atoms with Gasteiger partial charge in [-0.3, -0.25) is 4.79 Å². The minimum absolute atomic E-state index is 0.0865. The fourth-order valence-corrected chi connectivity index (χ4v) is 3.17. The van der Waals surface area contributed by atoms with Crippen molar-refractivity contribution in [1.82, 2.24) is 5.32 Å². The molecule has 0 aromatic carbocycles. The van der Waals surface area contributed by atoms with E-state index in [1.165, 1.54) is 51.4 Å². The number of aliphatic hydroxyl groups excluding tert-OH is 2. The zero-order valence-corrected chi connectivity index (χ0v) is 17.9. The van der Waals surface area contributed by atoms with Crippen LogP contribution in [0.1, 0.15) is 110 Å². The lowest BCUT2D eigenvalue weighted by atomic mass is 10.1. The lowest BCUT2D eigenvalue weighted by molar-refractivity contribution is -0.123. The molecule has 0 bridgehead atoms. The topological polar surface area (TPSA) is 69.6 Å². The molecule has 0 rings (SSSR count). The van der Waals surface area contributed by atoms with Crippen molar-refractivity contribution in [2.75, 3.05) is 6.61 Å². The second-order valence-corrected chi connectivity index (χ2v) is 7.70. The lowest BCUT2D eigenvalue weighted by Crippen LogP contribution is -2.45. The molecule has 160 valence electrons. The van der Waals surface area contributed by atoms with Crippen molar-refractivity contribution < 1.29 is 15.0 Å². The highest BCUT2D eigenvalue weighted by Gasteiger charge is 2.17. The molecule has 0 aliphatic carbocycles. The van der Waals surface area contributed by atoms with E-state index in [0.717, 1.165) is 38.5 Å². The number of amides is 1. The van der Waals surface area contributed by atoms with E-state index >= 15 is 0 Å². The van der Waals surface area contributed by atoms with Gasteiger partial charge < -0.3 is 15.5 Å². The molecular weight excluding hydrogens is 338 g/mol. The Bertz CT molecular complexity index is 358. The molecule has 3 N–H and O–H groups in total. The molecule has 1 amide bonds. The van der Waals surface area contributed by atoms with Gasteiger partial charge in [-0.2, -0.15) is 0 Å². The van der Waals surface area contributed by atoms with E-state index in [1.807, 2.05) is 6.08 Å². The molecular formula is C23H45NO3. The lowest BCUT2D eigenvalue weighted by Gasteiger charge is -2.19. The molecule has 0 heterocycles. The fourth-order valence-electron chi connectivity index (χ4n) is 3.17. The van der Waals surface area contributed by atoms with E-state index in [1.54, 1.807) is 6.08 Å². The summed E-state index contributed by atoms with van der Waals surface area (Å²) in [6.07, 6.45) is 20.2. The smallest absolute Gasteiger partial charge is 0.220 e. The standard InChI is InChI=1S/C23H45NO3/c1-3-5-7-9-10-11-12-13-14-15-16-18-22(26)21(20-25)24-23(27)19-17-8-6-4-2/h16,18,21-22,25-26H,3-15,17,19-20H2,1-2H3,(H,24,27)/b18-16+. The first kappa shape index (κ1) is 26.1. The Morgan fingerprint density at radius 3 is 1.93 bits per heavy atom. The van der Waals surface area contributed by atoms with Crippen LogP contribution in [0.5, 0.6) is 0 Å². The number of unbranched alkanes of at least 4 members (excludes halogenated alkanes) is 12. The molecule has 0 fully saturated rings. The summed E-state index contributed by atoms with van der Waals surface area (Å²) in [5.74, 6) is -0.0865. The van der Waals surface area contributed by atoms with Crippen molar-refractivity contribution in [3.63, 3.8) is 0 Å². The van der Waals surface area contributed by atoms with E-state index in [-0.39, 0.29) is 12.5 Å². The van der Waals surface area contributed by atoms with Crippen LogP contribution in [0.25, 0.3) is 0 Å². The van der Waals surface area contributed by atoms with Crippen LogP contribution in [0.2, 0.25) is 0 Å². The summed E-state index contributed by atoms with van der Waals surface area (Å²) < 4.78 is 0. The predicted molar refractivity (Wildman–Crippen MR) is 115 cm³/mol. The number of hydrogen-bond donors (Lipinski definition) is 3. The quantitative estimate of drug-likeness (QED) is 0.210. The van der Waals surface area contributed by atoms with Gasteiger partial charge in [-0.25, -0.2) is 0 Å². The predicted octanol–water partition coefficient (Wildman–Crippen LogP) is 5.27. The summed E-state index contributed by atoms with van der Waals surface area (Å²) in [5, 5.41) is 22.3. The fraction of sp³-hybridized carbons (Fsp3) is 0.870. The number of carbonyl (C=O) groups is 1. The second kappa shape index (κ2) is 19.9. The molecule has 0 aliphatic rings. The zero-order chi connectivity index (χ0) is 20.2. The number of rotatable bonds is 19. The van der Waals surface area contributed by atoms with Crippen LogP contribution in [0.4, 0.5) is 0 Å². The van der Waals surface area contributed by atoms with Gasteiger partial charge in [-0.05, 0) is 19.3 Å². The van der Waals surface area contributed by atoms with Crippen molar-refractivity contribution >= 4 is 5.91 Å². The highest BCUT2D eigenvalue weighted by Crippen LogP contribution is 2.11. The molecule has 4 heteroatoms. The van der Waals surface area contributed by atoms with Gasteiger partial charge in [0.05, 0.1) is 18.8 Å². The van der Waals surface area contributed by atoms with Gasteiger partial charge in [0.15, 0.2) is 0 Å². The number of nitrogens with one attached hydrogen (secondary N) is 1. The molecule has 0 saturated heterocycles. The SMILES string of the molecule is CCCCCCCCCCC/C=C/C(O)C(CO)NC(=O)CCCCCC.